The van der Waals surface area contributed by atoms with Gasteiger partial charge in [-0.3, -0.25) is 4.79 Å². The molecule has 8 heteroatoms. The summed E-state index contributed by atoms with van der Waals surface area (Å²) in [4.78, 5) is 12.5. The first-order chi connectivity index (χ1) is 13.1. The Bertz CT molecular complexity index is 953. The first-order valence-corrected chi connectivity index (χ1v) is 9.51. The Hall–Kier alpha value is -2.74. The Kier molecular flexibility index (Phi) is 4.89. The van der Waals surface area contributed by atoms with Crippen molar-refractivity contribution in [1.82, 2.24) is 20.2 Å². The number of rotatable bonds is 6. The largest absolute Gasteiger partial charge is 0.481 e. The normalized spacial score (nSPS) is 14.6. The second-order valence-corrected chi connectivity index (χ2v) is 7.38. The molecule has 1 atom stereocenters. The lowest BCUT2D eigenvalue weighted by atomic mass is 10.2. The van der Waals surface area contributed by atoms with Crippen LogP contribution in [-0.2, 0) is 4.79 Å². The van der Waals surface area contributed by atoms with E-state index in [0.717, 1.165) is 22.9 Å². The number of carbonyl (C=O) groups excluding carboxylic acids is 1. The first-order valence-electron chi connectivity index (χ1n) is 8.71. The van der Waals surface area contributed by atoms with Gasteiger partial charge in [-0.05, 0) is 66.6 Å². The van der Waals surface area contributed by atoms with Crippen LogP contribution >= 0.6 is 15.9 Å². The highest BCUT2D eigenvalue weighted by Gasteiger charge is 2.28. The number of tetrazole rings is 1. The fourth-order valence-corrected chi connectivity index (χ4v) is 2.96. The van der Waals surface area contributed by atoms with E-state index in [1.807, 2.05) is 53.2 Å². The lowest BCUT2D eigenvalue weighted by Crippen LogP contribution is -2.30. The van der Waals surface area contributed by atoms with Gasteiger partial charge in [0.25, 0.3) is 5.91 Å². The number of amides is 1. The summed E-state index contributed by atoms with van der Waals surface area (Å²) in [5.41, 5.74) is 1.54. The SMILES string of the molecule is C[C@H](Oc1ccc(Br)cc1)C(=O)Nc1cccc(-c2nnnn2C2CC2)c1. The number of nitrogens with one attached hydrogen (secondary N) is 1. The van der Waals surface area contributed by atoms with Crippen molar-refractivity contribution in [3.8, 4) is 17.1 Å². The van der Waals surface area contributed by atoms with Crippen molar-refractivity contribution in [2.45, 2.75) is 31.9 Å². The van der Waals surface area contributed by atoms with Gasteiger partial charge in [-0.25, -0.2) is 4.68 Å². The summed E-state index contributed by atoms with van der Waals surface area (Å²) in [5.74, 6) is 1.13. The van der Waals surface area contributed by atoms with E-state index in [0.29, 0.717) is 23.3 Å². The standard InChI is InChI=1S/C19H18BrN5O2/c1-12(27-17-9-5-14(20)6-10-17)19(26)21-15-4-2-3-13(11-15)18-22-23-24-25(18)16-7-8-16/h2-6,9-12,16H,7-8H2,1H3,(H,21,26)/t12-/m0/s1. The van der Waals surface area contributed by atoms with Gasteiger partial charge in [0.1, 0.15) is 5.75 Å². The zero-order chi connectivity index (χ0) is 18.8. The lowest BCUT2D eigenvalue weighted by Gasteiger charge is -2.15. The number of aromatic nitrogens is 4. The third-order valence-corrected chi connectivity index (χ3v) is 4.80. The van der Waals surface area contributed by atoms with Crippen LogP contribution in [0.3, 0.4) is 0 Å². The molecule has 1 N–H and O–H groups in total. The van der Waals surface area contributed by atoms with Crippen molar-refractivity contribution in [2.24, 2.45) is 0 Å². The molecule has 0 aliphatic heterocycles. The Balaban J connectivity index is 1.45. The molecule has 1 aromatic heterocycles. The summed E-state index contributed by atoms with van der Waals surface area (Å²) >= 11 is 3.38. The highest BCUT2D eigenvalue weighted by atomic mass is 79.9. The van der Waals surface area contributed by atoms with E-state index < -0.39 is 6.10 Å². The molecule has 0 spiro atoms. The monoisotopic (exact) mass is 427 g/mol. The fourth-order valence-electron chi connectivity index (χ4n) is 2.70. The number of halogens is 1. The maximum absolute atomic E-state index is 12.5. The Morgan fingerprint density at radius 3 is 2.78 bits per heavy atom. The van der Waals surface area contributed by atoms with Crippen LogP contribution in [-0.4, -0.2) is 32.2 Å². The number of hydrogen-bond acceptors (Lipinski definition) is 5. The highest BCUT2D eigenvalue weighted by molar-refractivity contribution is 9.10. The molecule has 0 unspecified atom stereocenters. The van der Waals surface area contributed by atoms with Gasteiger partial charge >= 0.3 is 0 Å². The summed E-state index contributed by atoms with van der Waals surface area (Å²) in [6.45, 7) is 1.72. The molecule has 3 aromatic rings. The molecule has 2 aromatic carbocycles. The molecule has 1 heterocycles. The zero-order valence-electron chi connectivity index (χ0n) is 14.7. The predicted octanol–water partition coefficient (Wildman–Crippen LogP) is 3.84. The molecule has 27 heavy (non-hydrogen) atoms. The smallest absolute Gasteiger partial charge is 0.265 e. The maximum atomic E-state index is 12.5. The summed E-state index contributed by atoms with van der Waals surface area (Å²) in [6.07, 6.45) is 1.56. The van der Waals surface area contributed by atoms with E-state index >= 15 is 0 Å². The van der Waals surface area contributed by atoms with Gasteiger partial charge in [-0.15, -0.1) is 5.10 Å². The van der Waals surface area contributed by atoms with Gasteiger partial charge in [0.05, 0.1) is 6.04 Å². The van der Waals surface area contributed by atoms with Crippen LogP contribution in [0.15, 0.2) is 53.0 Å². The lowest BCUT2D eigenvalue weighted by molar-refractivity contribution is -0.122. The minimum absolute atomic E-state index is 0.225. The number of anilines is 1. The number of hydrogen-bond donors (Lipinski definition) is 1. The van der Waals surface area contributed by atoms with Crippen LogP contribution in [0.2, 0.25) is 0 Å². The molecule has 4 rings (SSSR count). The number of ether oxygens (including phenoxy) is 1. The highest BCUT2D eigenvalue weighted by Crippen LogP contribution is 2.36. The number of nitrogens with zero attached hydrogens (tertiary/aromatic N) is 4. The van der Waals surface area contributed by atoms with Crippen molar-refractivity contribution >= 4 is 27.5 Å². The van der Waals surface area contributed by atoms with Crippen LogP contribution in [0.4, 0.5) is 5.69 Å². The average Bonchev–Trinajstić information content (AvgIpc) is 3.40. The molecule has 0 saturated heterocycles. The third-order valence-electron chi connectivity index (χ3n) is 4.27. The Labute approximate surface area is 164 Å². The molecule has 1 amide bonds. The van der Waals surface area contributed by atoms with Crippen LogP contribution in [0, 0.1) is 0 Å². The van der Waals surface area contributed by atoms with E-state index in [1.165, 1.54) is 0 Å². The van der Waals surface area contributed by atoms with Crippen molar-refractivity contribution < 1.29 is 9.53 Å². The Morgan fingerprint density at radius 2 is 2.04 bits per heavy atom. The zero-order valence-corrected chi connectivity index (χ0v) is 16.3. The van der Waals surface area contributed by atoms with Crippen LogP contribution < -0.4 is 10.1 Å². The van der Waals surface area contributed by atoms with Gasteiger partial charge in [0.2, 0.25) is 0 Å². The molecule has 0 radical (unpaired) electrons. The summed E-state index contributed by atoms with van der Waals surface area (Å²) in [7, 11) is 0. The fraction of sp³-hybridized carbons (Fsp3) is 0.263. The molecule has 1 saturated carbocycles. The van der Waals surface area contributed by atoms with Crippen LogP contribution in [0.1, 0.15) is 25.8 Å². The van der Waals surface area contributed by atoms with Crippen molar-refractivity contribution in [3.63, 3.8) is 0 Å². The summed E-state index contributed by atoms with van der Waals surface area (Å²) in [5, 5.41) is 14.9. The van der Waals surface area contributed by atoms with Crippen molar-refractivity contribution in [3.05, 3.63) is 53.0 Å². The van der Waals surface area contributed by atoms with Crippen molar-refractivity contribution in [1.29, 1.82) is 0 Å². The van der Waals surface area contributed by atoms with Crippen molar-refractivity contribution in [2.75, 3.05) is 5.32 Å². The molecule has 1 aliphatic carbocycles. The second kappa shape index (κ2) is 7.48. The molecular weight excluding hydrogens is 410 g/mol. The quantitative estimate of drug-likeness (QED) is 0.645. The van der Waals surface area contributed by atoms with E-state index in [9.17, 15) is 4.79 Å². The van der Waals surface area contributed by atoms with E-state index in [4.69, 9.17) is 4.74 Å². The molecule has 138 valence electrons. The molecule has 7 nitrogen and oxygen atoms in total. The van der Waals surface area contributed by atoms with Crippen LogP contribution in [0.5, 0.6) is 5.75 Å². The third kappa shape index (κ3) is 4.16. The maximum Gasteiger partial charge on any atom is 0.265 e. The number of carbonyl (C=O) groups is 1. The van der Waals surface area contributed by atoms with Gasteiger partial charge in [-0.2, -0.15) is 0 Å². The van der Waals surface area contributed by atoms with E-state index in [-0.39, 0.29) is 5.91 Å². The van der Waals surface area contributed by atoms with Gasteiger partial charge < -0.3 is 10.1 Å². The second-order valence-electron chi connectivity index (χ2n) is 6.46. The minimum atomic E-state index is -0.633. The van der Waals surface area contributed by atoms with Gasteiger partial charge in [0.15, 0.2) is 11.9 Å². The van der Waals surface area contributed by atoms with E-state index in [2.05, 4.69) is 36.8 Å². The minimum Gasteiger partial charge on any atom is -0.481 e. The topological polar surface area (TPSA) is 81.9 Å². The van der Waals surface area contributed by atoms with Gasteiger partial charge in [0, 0.05) is 15.7 Å². The van der Waals surface area contributed by atoms with E-state index in [1.54, 1.807) is 6.92 Å². The predicted molar refractivity (Wildman–Crippen MR) is 104 cm³/mol. The molecular formula is C19H18BrN5O2. The Morgan fingerprint density at radius 1 is 1.26 bits per heavy atom. The summed E-state index contributed by atoms with van der Waals surface area (Å²) < 4.78 is 8.50. The first kappa shape index (κ1) is 17.7. The summed E-state index contributed by atoms with van der Waals surface area (Å²) in [6, 6.07) is 15.2. The average molecular weight is 428 g/mol. The molecule has 1 fully saturated rings. The van der Waals surface area contributed by atoms with Crippen LogP contribution in [0.25, 0.3) is 11.4 Å². The molecule has 0 bridgehead atoms. The molecule has 1 aliphatic rings. The number of benzene rings is 2. The van der Waals surface area contributed by atoms with Gasteiger partial charge in [-0.1, -0.05) is 28.1 Å².